The Kier molecular flexibility index (Phi) is 4.31. The number of hydrogen-bond donors (Lipinski definition) is 0. The average molecular weight is 346 g/mol. The molecule has 0 radical (unpaired) electrons. The van der Waals surface area contributed by atoms with Gasteiger partial charge in [0.1, 0.15) is 0 Å². The van der Waals surface area contributed by atoms with E-state index in [0.29, 0.717) is 0 Å². The number of carbonyl (C=O) groups excluding carboxylic acids is 1. The van der Waals surface area contributed by atoms with Gasteiger partial charge in [-0.1, -0.05) is 37.5 Å². The minimum Gasteiger partial charge on any atom is -0.454 e. The molecule has 1 saturated carbocycles. The Morgan fingerprint density at radius 2 is 2.00 bits per heavy atom. The Balaban J connectivity index is 1.77. The summed E-state index contributed by atoms with van der Waals surface area (Å²) < 4.78 is 14.2. The summed E-state index contributed by atoms with van der Waals surface area (Å²) >= 11 is 1.56. The van der Waals surface area contributed by atoms with Crippen molar-refractivity contribution in [2.24, 2.45) is 10.9 Å². The smallest absolute Gasteiger partial charge is 0.251 e. The molecule has 1 fully saturated rings. The van der Waals surface area contributed by atoms with E-state index in [0.717, 1.165) is 65.2 Å². The molecule has 2 aliphatic rings. The van der Waals surface area contributed by atoms with E-state index in [4.69, 9.17) is 9.47 Å². The third-order valence-electron chi connectivity index (χ3n) is 4.78. The highest BCUT2D eigenvalue weighted by molar-refractivity contribution is 7.16. The zero-order chi connectivity index (χ0) is 16.5. The Morgan fingerprint density at radius 1 is 1.25 bits per heavy atom. The number of aromatic nitrogens is 1. The summed E-state index contributed by atoms with van der Waals surface area (Å²) in [6.45, 7) is 3.25. The molecule has 0 spiro atoms. The molecule has 0 N–H and O–H groups in total. The van der Waals surface area contributed by atoms with Gasteiger partial charge in [-0.3, -0.25) is 4.79 Å². The molecule has 2 heterocycles. The van der Waals surface area contributed by atoms with Crippen LogP contribution in [0.1, 0.15) is 45.4 Å². The van der Waals surface area contributed by atoms with Gasteiger partial charge in [-0.2, -0.15) is 4.99 Å². The first-order valence-electron chi connectivity index (χ1n) is 8.78. The molecule has 1 aliphatic heterocycles. The molecule has 1 aromatic heterocycles. The molecule has 4 rings (SSSR count). The van der Waals surface area contributed by atoms with Gasteiger partial charge in [0, 0.05) is 24.6 Å². The molecule has 6 heteroatoms. The highest BCUT2D eigenvalue weighted by Crippen LogP contribution is 2.37. The van der Waals surface area contributed by atoms with E-state index >= 15 is 0 Å². The average Bonchev–Trinajstić information content (AvgIpc) is 3.18. The Hall–Kier alpha value is -1.82. The van der Waals surface area contributed by atoms with Gasteiger partial charge < -0.3 is 14.0 Å². The largest absolute Gasteiger partial charge is 0.454 e. The molecule has 0 bridgehead atoms. The molecular weight excluding hydrogens is 324 g/mol. The molecule has 5 nitrogen and oxygen atoms in total. The first-order valence-corrected chi connectivity index (χ1v) is 9.59. The van der Waals surface area contributed by atoms with Crippen molar-refractivity contribution in [2.45, 2.75) is 52.0 Å². The van der Waals surface area contributed by atoms with E-state index in [1.165, 1.54) is 6.42 Å². The Morgan fingerprint density at radius 3 is 2.75 bits per heavy atom. The first-order chi connectivity index (χ1) is 11.8. The molecule has 0 atom stereocenters. The number of ether oxygens (including phenoxy) is 2. The van der Waals surface area contributed by atoms with Gasteiger partial charge >= 0.3 is 0 Å². The fourth-order valence-corrected chi connectivity index (χ4v) is 4.59. The fourth-order valence-electron chi connectivity index (χ4n) is 3.52. The topological polar surface area (TPSA) is 52.8 Å². The van der Waals surface area contributed by atoms with Crippen LogP contribution in [0.2, 0.25) is 0 Å². The van der Waals surface area contributed by atoms with Crippen LogP contribution in [0.15, 0.2) is 17.1 Å². The monoisotopic (exact) mass is 346 g/mol. The predicted molar refractivity (Wildman–Crippen MR) is 93.4 cm³/mol. The molecule has 1 amide bonds. The van der Waals surface area contributed by atoms with Crippen molar-refractivity contribution in [1.29, 1.82) is 0 Å². The summed E-state index contributed by atoms with van der Waals surface area (Å²) in [4.78, 5) is 17.9. The van der Waals surface area contributed by atoms with E-state index < -0.39 is 0 Å². The van der Waals surface area contributed by atoms with Gasteiger partial charge in [-0.15, -0.1) is 0 Å². The standard InChI is InChI=1S/C18H22N2O3S/c1-2-8-20-13-9-14-15(23-11-22-14)10-16(13)24-18(20)19-17(21)12-6-4-3-5-7-12/h9-10,12H,2-8,11H2,1H3. The maximum Gasteiger partial charge on any atom is 0.251 e. The van der Waals surface area contributed by atoms with E-state index in [1.54, 1.807) is 11.3 Å². The number of nitrogens with zero attached hydrogens (tertiary/aromatic N) is 2. The summed E-state index contributed by atoms with van der Waals surface area (Å²) in [6.07, 6.45) is 6.50. The van der Waals surface area contributed by atoms with Gasteiger partial charge in [0.25, 0.3) is 5.91 Å². The summed E-state index contributed by atoms with van der Waals surface area (Å²) in [6, 6.07) is 4.01. The van der Waals surface area contributed by atoms with Crippen molar-refractivity contribution >= 4 is 27.5 Å². The highest BCUT2D eigenvalue weighted by atomic mass is 32.1. The SMILES string of the molecule is CCCn1c(=NC(=O)C2CCCCC2)sc2cc3c(cc21)OCO3. The third-order valence-corrected chi connectivity index (χ3v) is 5.83. The summed E-state index contributed by atoms with van der Waals surface area (Å²) in [5.41, 5.74) is 1.07. The summed E-state index contributed by atoms with van der Waals surface area (Å²) in [5, 5.41) is 0. The van der Waals surface area contributed by atoms with Crippen molar-refractivity contribution in [3.8, 4) is 11.5 Å². The number of amides is 1. The third kappa shape index (κ3) is 2.83. The van der Waals surface area contributed by atoms with E-state index in [1.807, 2.05) is 12.1 Å². The zero-order valence-electron chi connectivity index (χ0n) is 13.9. The molecule has 128 valence electrons. The van der Waals surface area contributed by atoms with Crippen molar-refractivity contribution in [3.63, 3.8) is 0 Å². The Labute approximate surface area is 144 Å². The van der Waals surface area contributed by atoms with Crippen LogP contribution in [0.5, 0.6) is 11.5 Å². The highest BCUT2D eigenvalue weighted by Gasteiger charge is 2.22. The number of hydrogen-bond acceptors (Lipinski definition) is 4. The summed E-state index contributed by atoms with van der Waals surface area (Å²) in [5.74, 6) is 1.70. The quantitative estimate of drug-likeness (QED) is 0.848. The van der Waals surface area contributed by atoms with Crippen LogP contribution in [0, 0.1) is 5.92 Å². The number of rotatable bonds is 3. The van der Waals surface area contributed by atoms with Crippen LogP contribution >= 0.6 is 11.3 Å². The normalized spacial score (nSPS) is 18.5. The van der Waals surface area contributed by atoms with Gasteiger partial charge in [0.15, 0.2) is 16.3 Å². The fraction of sp³-hybridized carbons (Fsp3) is 0.556. The predicted octanol–water partition coefficient (Wildman–Crippen LogP) is 3.85. The second-order valence-corrected chi connectivity index (χ2v) is 7.50. The van der Waals surface area contributed by atoms with E-state index in [2.05, 4.69) is 16.5 Å². The molecule has 2 aromatic rings. The van der Waals surface area contributed by atoms with Crippen molar-refractivity contribution in [2.75, 3.05) is 6.79 Å². The van der Waals surface area contributed by atoms with Gasteiger partial charge in [-0.05, 0) is 19.3 Å². The van der Waals surface area contributed by atoms with Crippen LogP contribution < -0.4 is 14.3 Å². The number of benzene rings is 1. The molecule has 24 heavy (non-hydrogen) atoms. The van der Waals surface area contributed by atoms with Gasteiger partial charge in [0.05, 0.1) is 10.2 Å². The van der Waals surface area contributed by atoms with Crippen molar-refractivity contribution in [3.05, 3.63) is 16.9 Å². The first kappa shape index (κ1) is 15.7. The van der Waals surface area contributed by atoms with Crippen LogP contribution in [0.25, 0.3) is 10.2 Å². The maximum atomic E-state index is 12.6. The molecule has 0 unspecified atom stereocenters. The van der Waals surface area contributed by atoms with Crippen molar-refractivity contribution < 1.29 is 14.3 Å². The lowest BCUT2D eigenvalue weighted by Gasteiger charge is -2.17. The van der Waals surface area contributed by atoms with Gasteiger partial charge in [0.2, 0.25) is 6.79 Å². The van der Waals surface area contributed by atoms with E-state index in [-0.39, 0.29) is 18.6 Å². The molecule has 1 aliphatic carbocycles. The second kappa shape index (κ2) is 6.59. The van der Waals surface area contributed by atoms with Gasteiger partial charge in [-0.25, -0.2) is 0 Å². The van der Waals surface area contributed by atoms with Crippen molar-refractivity contribution in [1.82, 2.24) is 4.57 Å². The lowest BCUT2D eigenvalue weighted by molar-refractivity contribution is -0.122. The lowest BCUT2D eigenvalue weighted by atomic mass is 9.89. The molecular formula is C18H22N2O3S. The number of fused-ring (bicyclic) bond motifs is 2. The van der Waals surface area contributed by atoms with Crippen LogP contribution in [0.4, 0.5) is 0 Å². The van der Waals surface area contributed by atoms with Crippen LogP contribution in [-0.2, 0) is 11.3 Å². The maximum absolute atomic E-state index is 12.6. The summed E-state index contributed by atoms with van der Waals surface area (Å²) in [7, 11) is 0. The number of aryl methyl sites for hydroxylation is 1. The zero-order valence-corrected chi connectivity index (χ0v) is 14.7. The van der Waals surface area contributed by atoms with Crippen LogP contribution in [-0.4, -0.2) is 17.3 Å². The molecule has 0 saturated heterocycles. The second-order valence-electron chi connectivity index (χ2n) is 6.49. The van der Waals surface area contributed by atoms with E-state index in [9.17, 15) is 4.79 Å². The minimum absolute atomic E-state index is 0.0474. The van der Waals surface area contributed by atoms with Crippen LogP contribution in [0.3, 0.4) is 0 Å². The number of thiazole rings is 1. The number of carbonyl (C=O) groups is 1. The minimum atomic E-state index is 0.0474. The molecule has 1 aromatic carbocycles. The lowest BCUT2D eigenvalue weighted by Crippen LogP contribution is -2.22. The Bertz CT molecular complexity index is 831.